The first-order valence-electron chi connectivity index (χ1n) is 8.83. The maximum absolute atomic E-state index is 12.4. The number of rotatable bonds is 8. The average Bonchev–Trinajstić information content (AvgIpc) is 2.75. The second-order valence-electron chi connectivity index (χ2n) is 6.08. The van der Waals surface area contributed by atoms with Crippen LogP contribution in [0.3, 0.4) is 0 Å². The zero-order valence-corrected chi connectivity index (χ0v) is 16.2. The zero-order valence-electron chi connectivity index (χ0n) is 16.2. The van der Waals surface area contributed by atoms with E-state index in [4.69, 9.17) is 15.2 Å². The van der Waals surface area contributed by atoms with Crippen molar-refractivity contribution in [3.05, 3.63) is 71.9 Å². The first-order valence-corrected chi connectivity index (χ1v) is 8.83. The van der Waals surface area contributed by atoms with E-state index in [0.29, 0.717) is 17.0 Å². The molecule has 2 amide bonds. The van der Waals surface area contributed by atoms with Crippen LogP contribution in [0, 0.1) is 0 Å². The molecule has 1 heterocycles. The van der Waals surface area contributed by atoms with Gasteiger partial charge in [0.2, 0.25) is 11.8 Å². The monoisotopic (exact) mass is 429 g/mol. The second-order valence-corrected chi connectivity index (χ2v) is 6.08. The van der Waals surface area contributed by atoms with Gasteiger partial charge in [0, 0.05) is 17.2 Å². The van der Waals surface area contributed by atoms with E-state index in [0.717, 1.165) is 0 Å². The lowest BCUT2D eigenvalue weighted by atomic mass is 10.2. The smallest absolute Gasteiger partial charge is 0.387 e. The molecule has 8 nitrogen and oxygen atoms in total. The average molecular weight is 429 g/mol. The largest absolute Gasteiger partial charge is 0.493 e. The number of anilines is 1. The Bertz CT molecular complexity index is 1090. The molecule has 3 N–H and O–H groups in total. The van der Waals surface area contributed by atoms with E-state index in [2.05, 4.69) is 15.0 Å². The van der Waals surface area contributed by atoms with E-state index < -0.39 is 18.4 Å². The zero-order chi connectivity index (χ0) is 22.4. The van der Waals surface area contributed by atoms with Crippen molar-refractivity contribution in [1.29, 1.82) is 0 Å². The number of amides is 2. The van der Waals surface area contributed by atoms with Crippen LogP contribution in [0.5, 0.6) is 23.1 Å². The molecule has 0 saturated carbocycles. The Morgan fingerprint density at radius 1 is 1.03 bits per heavy atom. The van der Waals surface area contributed by atoms with Gasteiger partial charge in [-0.15, -0.1) is 0 Å². The highest BCUT2D eigenvalue weighted by atomic mass is 19.3. The summed E-state index contributed by atoms with van der Waals surface area (Å²) in [5, 5.41) is 2.62. The predicted molar refractivity (Wildman–Crippen MR) is 107 cm³/mol. The van der Waals surface area contributed by atoms with Gasteiger partial charge >= 0.3 is 6.61 Å². The molecule has 0 bridgehead atoms. The minimum atomic E-state index is -3.02. The Kier molecular flexibility index (Phi) is 6.61. The highest BCUT2D eigenvalue weighted by Crippen LogP contribution is 2.30. The van der Waals surface area contributed by atoms with Crippen LogP contribution in [-0.2, 0) is 0 Å². The molecule has 0 fully saturated rings. The molecule has 3 aromatic rings. The predicted octanol–water partition coefficient (Wildman–Crippen LogP) is 3.84. The van der Waals surface area contributed by atoms with Crippen molar-refractivity contribution >= 4 is 17.5 Å². The lowest BCUT2D eigenvalue weighted by molar-refractivity contribution is -0.0512. The normalized spacial score (nSPS) is 10.5. The topological polar surface area (TPSA) is 113 Å². The number of hydrogen-bond acceptors (Lipinski definition) is 6. The van der Waals surface area contributed by atoms with E-state index in [1.165, 1.54) is 43.6 Å². The van der Waals surface area contributed by atoms with Crippen molar-refractivity contribution < 1.29 is 32.6 Å². The molecule has 0 aliphatic heterocycles. The number of hydrogen-bond donors (Lipinski definition) is 2. The third kappa shape index (κ3) is 5.66. The number of benzene rings is 2. The molecule has 0 radical (unpaired) electrons. The molecule has 0 aliphatic carbocycles. The molecule has 10 heteroatoms. The number of ether oxygens (including phenoxy) is 3. The van der Waals surface area contributed by atoms with Gasteiger partial charge in [0.25, 0.3) is 5.91 Å². The number of carbonyl (C=O) groups excluding carboxylic acids is 2. The van der Waals surface area contributed by atoms with Crippen molar-refractivity contribution in [1.82, 2.24) is 4.98 Å². The lowest BCUT2D eigenvalue weighted by Crippen LogP contribution is -2.12. The van der Waals surface area contributed by atoms with Crippen molar-refractivity contribution in [2.24, 2.45) is 5.73 Å². The van der Waals surface area contributed by atoms with Crippen LogP contribution >= 0.6 is 0 Å². The minimum absolute atomic E-state index is 0.00647. The maximum atomic E-state index is 12.4. The molecule has 2 aromatic carbocycles. The Morgan fingerprint density at radius 2 is 1.84 bits per heavy atom. The van der Waals surface area contributed by atoms with Crippen LogP contribution in [-0.4, -0.2) is 30.5 Å². The molecular formula is C21H17F2N3O5. The Labute approximate surface area is 175 Å². The van der Waals surface area contributed by atoms with Crippen molar-refractivity contribution in [3.63, 3.8) is 0 Å². The number of halogens is 2. The molecular weight excluding hydrogens is 412 g/mol. The third-order valence-corrected chi connectivity index (χ3v) is 3.98. The van der Waals surface area contributed by atoms with Crippen LogP contribution in [0.4, 0.5) is 14.5 Å². The number of methoxy groups -OCH3 is 1. The van der Waals surface area contributed by atoms with E-state index in [1.807, 2.05) is 0 Å². The summed E-state index contributed by atoms with van der Waals surface area (Å²) >= 11 is 0. The molecule has 3 rings (SSSR count). The Morgan fingerprint density at radius 3 is 2.48 bits per heavy atom. The standard InChI is InChI=1S/C21H17F2N3O5/c1-29-17-10-13(5-7-16(17)31-21(22)23)20(28)26-14-6-8-18(25-11-14)30-15-4-2-3-12(9-15)19(24)27/h2-11,21H,1H3,(H2,24,27)(H,26,28). The van der Waals surface area contributed by atoms with Gasteiger partial charge in [-0.2, -0.15) is 8.78 Å². The number of nitrogens with one attached hydrogen (secondary N) is 1. The summed E-state index contributed by atoms with van der Waals surface area (Å²) < 4.78 is 39.7. The summed E-state index contributed by atoms with van der Waals surface area (Å²) in [7, 11) is 1.27. The molecule has 0 atom stereocenters. The molecule has 31 heavy (non-hydrogen) atoms. The second kappa shape index (κ2) is 9.53. The number of alkyl halides is 2. The van der Waals surface area contributed by atoms with Gasteiger partial charge in [-0.1, -0.05) is 6.07 Å². The van der Waals surface area contributed by atoms with Crippen LogP contribution < -0.4 is 25.3 Å². The third-order valence-electron chi connectivity index (χ3n) is 3.98. The number of nitrogens with two attached hydrogens (primary N) is 1. The van der Waals surface area contributed by atoms with Gasteiger partial charge in [0.1, 0.15) is 5.75 Å². The number of primary amides is 1. The van der Waals surface area contributed by atoms with Crippen molar-refractivity contribution in [3.8, 4) is 23.1 Å². The lowest BCUT2D eigenvalue weighted by Gasteiger charge is -2.12. The van der Waals surface area contributed by atoms with Gasteiger partial charge in [0.05, 0.1) is 19.0 Å². The van der Waals surface area contributed by atoms with Gasteiger partial charge in [-0.05, 0) is 42.5 Å². The Balaban J connectivity index is 1.67. The van der Waals surface area contributed by atoms with Crippen molar-refractivity contribution in [2.45, 2.75) is 6.61 Å². The van der Waals surface area contributed by atoms with Gasteiger partial charge in [-0.25, -0.2) is 4.98 Å². The fourth-order valence-corrected chi connectivity index (χ4v) is 2.55. The van der Waals surface area contributed by atoms with E-state index in [1.54, 1.807) is 24.3 Å². The number of carbonyl (C=O) groups is 2. The highest BCUT2D eigenvalue weighted by molar-refractivity contribution is 6.04. The molecule has 0 aliphatic rings. The molecule has 0 unspecified atom stereocenters. The fourth-order valence-electron chi connectivity index (χ4n) is 2.55. The fraction of sp³-hybridized carbons (Fsp3) is 0.0952. The first kappa shape index (κ1) is 21.5. The first-order chi connectivity index (χ1) is 14.9. The summed E-state index contributed by atoms with van der Waals surface area (Å²) in [6, 6.07) is 13.2. The Hall–Kier alpha value is -4.21. The van der Waals surface area contributed by atoms with Gasteiger partial charge in [0.15, 0.2) is 11.5 Å². The van der Waals surface area contributed by atoms with Crippen LogP contribution in [0.25, 0.3) is 0 Å². The number of aromatic nitrogens is 1. The van der Waals surface area contributed by atoms with E-state index in [-0.39, 0.29) is 22.9 Å². The highest BCUT2D eigenvalue weighted by Gasteiger charge is 2.14. The summed E-state index contributed by atoms with van der Waals surface area (Å²) in [5.41, 5.74) is 6.07. The van der Waals surface area contributed by atoms with Crippen molar-refractivity contribution in [2.75, 3.05) is 12.4 Å². The maximum Gasteiger partial charge on any atom is 0.387 e. The van der Waals surface area contributed by atoms with Crippen LogP contribution in [0.2, 0.25) is 0 Å². The van der Waals surface area contributed by atoms with Crippen LogP contribution in [0.15, 0.2) is 60.8 Å². The molecule has 0 spiro atoms. The summed E-state index contributed by atoms with van der Waals surface area (Å²) in [5.74, 6) is -0.673. The molecule has 0 saturated heterocycles. The van der Waals surface area contributed by atoms with Crippen LogP contribution in [0.1, 0.15) is 20.7 Å². The summed E-state index contributed by atoms with van der Waals surface area (Å²) in [6.07, 6.45) is 1.37. The SMILES string of the molecule is COc1cc(C(=O)Nc2ccc(Oc3cccc(C(N)=O)c3)nc2)ccc1OC(F)F. The number of nitrogens with zero attached hydrogens (tertiary/aromatic N) is 1. The summed E-state index contributed by atoms with van der Waals surface area (Å²) in [4.78, 5) is 27.8. The van der Waals surface area contributed by atoms with Gasteiger partial charge < -0.3 is 25.3 Å². The van der Waals surface area contributed by atoms with Gasteiger partial charge in [-0.3, -0.25) is 9.59 Å². The van der Waals surface area contributed by atoms with E-state index >= 15 is 0 Å². The minimum Gasteiger partial charge on any atom is -0.493 e. The quantitative estimate of drug-likeness (QED) is 0.563. The summed E-state index contributed by atoms with van der Waals surface area (Å²) in [6.45, 7) is -3.02. The van der Waals surface area contributed by atoms with E-state index in [9.17, 15) is 18.4 Å². The molecule has 160 valence electrons. The number of pyridine rings is 1. The molecule has 1 aromatic heterocycles.